The predicted molar refractivity (Wildman–Crippen MR) is 84.5 cm³/mol. The summed E-state index contributed by atoms with van der Waals surface area (Å²) in [5, 5.41) is 6.42. The van der Waals surface area contributed by atoms with Crippen molar-refractivity contribution in [3.05, 3.63) is 58.4 Å². The number of halogens is 6. The van der Waals surface area contributed by atoms with Gasteiger partial charge in [-0.25, -0.2) is 4.98 Å². The first-order valence-electron chi connectivity index (χ1n) is 7.94. The molecule has 0 atom stereocenters. The summed E-state index contributed by atoms with van der Waals surface area (Å²) in [7, 11) is 0. The van der Waals surface area contributed by atoms with Crippen LogP contribution >= 0.6 is 0 Å². The Balaban J connectivity index is 1.76. The highest BCUT2D eigenvalue weighted by atomic mass is 19.4. The molecule has 3 heterocycles. The third-order valence-corrected chi connectivity index (χ3v) is 4.49. The van der Waals surface area contributed by atoms with Crippen LogP contribution in [0.5, 0.6) is 0 Å². The summed E-state index contributed by atoms with van der Waals surface area (Å²) in [5.41, 5.74) is -3.69. The molecule has 1 aromatic carbocycles. The standard InChI is InChI=1S/C17H8F6N4O2/c18-16(19,20)8-2-1-7(11(3-8)17(21,22)23)6-27-14(28)10-4-24-13-9(5-25-26-13)12(10)15(27)29/h1-5H,6H2,(H,24,25,26). The lowest BCUT2D eigenvalue weighted by molar-refractivity contribution is -0.143. The summed E-state index contributed by atoms with van der Waals surface area (Å²) < 4.78 is 78.4. The molecule has 0 bridgehead atoms. The number of nitrogens with zero attached hydrogens (tertiary/aromatic N) is 3. The molecule has 3 aromatic rings. The molecule has 1 N–H and O–H groups in total. The van der Waals surface area contributed by atoms with Crippen molar-refractivity contribution in [2.75, 3.05) is 0 Å². The molecule has 1 aliphatic heterocycles. The first-order valence-corrected chi connectivity index (χ1v) is 7.94. The Kier molecular flexibility index (Phi) is 3.93. The van der Waals surface area contributed by atoms with E-state index in [-0.39, 0.29) is 28.2 Å². The van der Waals surface area contributed by atoms with E-state index in [0.717, 1.165) is 6.20 Å². The number of amides is 2. The number of fused-ring (bicyclic) bond motifs is 3. The lowest BCUT2D eigenvalue weighted by Gasteiger charge is -2.19. The van der Waals surface area contributed by atoms with Crippen LogP contribution in [0.25, 0.3) is 11.0 Å². The Morgan fingerprint density at radius 2 is 1.69 bits per heavy atom. The van der Waals surface area contributed by atoms with Gasteiger partial charge in [0, 0.05) is 6.20 Å². The maximum absolute atomic E-state index is 13.3. The van der Waals surface area contributed by atoms with Gasteiger partial charge in [0.15, 0.2) is 5.65 Å². The molecule has 0 unspecified atom stereocenters. The van der Waals surface area contributed by atoms with Gasteiger partial charge >= 0.3 is 12.4 Å². The number of aromatic nitrogens is 3. The van der Waals surface area contributed by atoms with Gasteiger partial charge in [0.2, 0.25) is 0 Å². The largest absolute Gasteiger partial charge is 0.416 e. The maximum Gasteiger partial charge on any atom is 0.416 e. The van der Waals surface area contributed by atoms with E-state index in [4.69, 9.17) is 0 Å². The lowest BCUT2D eigenvalue weighted by Crippen LogP contribution is -2.30. The van der Waals surface area contributed by atoms with E-state index in [9.17, 15) is 35.9 Å². The van der Waals surface area contributed by atoms with Crippen molar-refractivity contribution in [1.82, 2.24) is 20.1 Å². The van der Waals surface area contributed by atoms with E-state index in [1.807, 2.05) is 0 Å². The quantitative estimate of drug-likeness (QED) is 0.511. The molecule has 0 aliphatic carbocycles. The summed E-state index contributed by atoms with van der Waals surface area (Å²) >= 11 is 0. The number of imide groups is 1. The number of benzene rings is 1. The molecule has 0 fully saturated rings. The summed E-state index contributed by atoms with van der Waals surface area (Å²) in [4.78, 5) is 29.7. The van der Waals surface area contributed by atoms with Crippen LogP contribution in [0.4, 0.5) is 26.3 Å². The van der Waals surface area contributed by atoms with E-state index >= 15 is 0 Å². The molecule has 6 nitrogen and oxygen atoms in total. The number of hydrogen-bond acceptors (Lipinski definition) is 4. The molecule has 0 radical (unpaired) electrons. The molecule has 4 rings (SSSR count). The molecule has 29 heavy (non-hydrogen) atoms. The normalized spacial score (nSPS) is 14.8. The molecule has 150 valence electrons. The van der Waals surface area contributed by atoms with Crippen LogP contribution < -0.4 is 0 Å². The minimum absolute atomic E-state index is 0.0384. The SMILES string of the molecule is O=C1c2cnc3[nH]ncc3c2C(=O)N1Cc1ccc(C(F)(F)F)cc1C(F)(F)F. The van der Waals surface area contributed by atoms with Crippen molar-refractivity contribution in [2.24, 2.45) is 0 Å². The average molecular weight is 414 g/mol. The topological polar surface area (TPSA) is 79.0 Å². The summed E-state index contributed by atoms with van der Waals surface area (Å²) in [6.45, 7) is -0.849. The minimum Gasteiger partial charge on any atom is -0.270 e. The zero-order valence-corrected chi connectivity index (χ0v) is 14.0. The van der Waals surface area contributed by atoms with Crippen LogP contribution in [0, 0.1) is 0 Å². The van der Waals surface area contributed by atoms with Crippen molar-refractivity contribution < 1.29 is 35.9 Å². The highest BCUT2D eigenvalue weighted by Crippen LogP contribution is 2.38. The third kappa shape index (κ3) is 3.00. The number of alkyl halides is 6. The highest BCUT2D eigenvalue weighted by Gasteiger charge is 2.42. The number of aromatic amines is 1. The van der Waals surface area contributed by atoms with Gasteiger partial charge in [0.25, 0.3) is 11.8 Å². The van der Waals surface area contributed by atoms with Gasteiger partial charge in [-0.15, -0.1) is 0 Å². The van der Waals surface area contributed by atoms with Crippen LogP contribution in [0.1, 0.15) is 37.4 Å². The van der Waals surface area contributed by atoms with Gasteiger partial charge < -0.3 is 0 Å². The number of carbonyl (C=O) groups is 2. The molecule has 2 aromatic heterocycles. The zero-order valence-electron chi connectivity index (χ0n) is 14.0. The van der Waals surface area contributed by atoms with Crippen molar-refractivity contribution in [3.63, 3.8) is 0 Å². The first-order chi connectivity index (χ1) is 13.5. The van der Waals surface area contributed by atoms with E-state index in [1.54, 1.807) is 0 Å². The molecule has 1 aliphatic rings. The molecular formula is C17H8F6N4O2. The molecule has 12 heteroatoms. The zero-order chi connectivity index (χ0) is 21.1. The number of hydrogen-bond donors (Lipinski definition) is 1. The Bertz CT molecular complexity index is 1160. The summed E-state index contributed by atoms with van der Waals surface area (Å²) in [6, 6.07) is 1.04. The maximum atomic E-state index is 13.3. The number of H-pyrrole nitrogens is 1. The van der Waals surface area contributed by atoms with Crippen LogP contribution in [0.3, 0.4) is 0 Å². The Labute approximate surface area is 157 Å². The lowest BCUT2D eigenvalue weighted by atomic mass is 10.0. The molecule has 2 amide bonds. The predicted octanol–water partition coefficient (Wildman–Crippen LogP) is 3.79. The van der Waals surface area contributed by atoms with Gasteiger partial charge in [-0.3, -0.25) is 19.6 Å². The van der Waals surface area contributed by atoms with Crippen molar-refractivity contribution in [2.45, 2.75) is 18.9 Å². The monoisotopic (exact) mass is 414 g/mol. The Morgan fingerprint density at radius 1 is 0.966 bits per heavy atom. The van der Waals surface area contributed by atoms with Crippen molar-refractivity contribution in [1.29, 1.82) is 0 Å². The van der Waals surface area contributed by atoms with E-state index < -0.39 is 47.4 Å². The van der Waals surface area contributed by atoms with Crippen molar-refractivity contribution >= 4 is 22.8 Å². The molecule has 0 saturated heterocycles. The number of pyridine rings is 1. The van der Waals surface area contributed by atoms with Crippen molar-refractivity contribution in [3.8, 4) is 0 Å². The summed E-state index contributed by atoms with van der Waals surface area (Å²) in [6.07, 6.45) is -7.76. The van der Waals surface area contributed by atoms with Gasteiger partial charge in [0.05, 0.1) is 40.4 Å². The fraction of sp³-hybridized carbons (Fsp3) is 0.176. The fourth-order valence-corrected chi connectivity index (χ4v) is 3.13. The molecule has 0 saturated carbocycles. The van der Waals surface area contributed by atoms with E-state index in [1.165, 1.54) is 6.20 Å². The Morgan fingerprint density at radius 3 is 2.34 bits per heavy atom. The fourth-order valence-electron chi connectivity index (χ4n) is 3.13. The van der Waals surface area contributed by atoms with Gasteiger partial charge in [-0.1, -0.05) is 6.07 Å². The van der Waals surface area contributed by atoms with Crippen LogP contribution in [0.15, 0.2) is 30.6 Å². The van der Waals surface area contributed by atoms with Crippen LogP contribution in [-0.4, -0.2) is 31.9 Å². The second-order valence-corrected chi connectivity index (χ2v) is 6.24. The number of rotatable bonds is 2. The molecule has 0 spiro atoms. The van der Waals surface area contributed by atoms with Gasteiger partial charge in [-0.05, 0) is 17.7 Å². The second kappa shape index (κ2) is 6.03. The number of nitrogens with one attached hydrogen (secondary N) is 1. The highest BCUT2D eigenvalue weighted by molar-refractivity contribution is 6.25. The molecular weight excluding hydrogens is 406 g/mol. The minimum atomic E-state index is -5.12. The van der Waals surface area contributed by atoms with Crippen LogP contribution in [0.2, 0.25) is 0 Å². The van der Waals surface area contributed by atoms with E-state index in [2.05, 4.69) is 15.2 Å². The third-order valence-electron chi connectivity index (χ3n) is 4.49. The van der Waals surface area contributed by atoms with Gasteiger partial charge in [0.1, 0.15) is 0 Å². The summed E-state index contributed by atoms with van der Waals surface area (Å²) in [5.74, 6) is -1.78. The second-order valence-electron chi connectivity index (χ2n) is 6.24. The van der Waals surface area contributed by atoms with Crippen LogP contribution in [-0.2, 0) is 18.9 Å². The first kappa shape index (κ1) is 18.9. The van der Waals surface area contributed by atoms with E-state index in [0.29, 0.717) is 17.0 Å². The Hall–Kier alpha value is -3.44. The average Bonchev–Trinajstić information content (AvgIpc) is 3.19. The van der Waals surface area contributed by atoms with Gasteiger partial charge in [-0.2, -0.15) is 31.4 Å². The number of carbonyl (C=O) groups excluding carboxylic acids is 2. The smallest absolute Gasteiger partial charge is 0.270 e.